The van der Waals surface area contributed by atoms with Crippen LogP contribution in [0, 0.1) is 0 Å². The molecule has 9 rings (SSSR count). The number of carbonyl (C=O) groups excluding carboxylic acids is 2. The van der Waals surface area contributed by atoms with E-state index < -0.39 is 5.97 Å². The molecular weight excluding hydrogens is 578 g/mol. The summed E-state index contributed by atoms with van der Waals surface area (Å²) < 4.78 is 15.5. The number of fused-ring (bicyclic) bond motifs is 4. The summed E-state index contributed by atoms with van der Waals surface area (Å²) in [6, 6.07) is 12.8. The van der Waals surface area contributed by atoms with Crippen molar-refractivity contribution in [3.8, 4) is 17.2 Å². The molecule has 1 fully saturated rings. The minimum atomic E-state index is -0.636. The van der Waals surface area contributed by atoms with Crippen molar-refractivity contribution >= 4 is 23.1 Å². The van der Waals surface area contributed by atoms with E-state index in [-0.39, 0.29) is 12.5 Å². The Kier molecular flexibility index (Phi) is 6.47. The Hall–Kier alpha value is -4.59. The summed E-state index contributed by atoms with van der Waals surface area (Å²) in [6.07, 6.45) is 9.71. The van der Waals surface area contributed by atoms with E-state index in [1.807, 2.05) is 12.1 Å². The largest absolute Gasteiger partial charge is 0.482 e. The molecule has 0 N–H and O–H groups in total. The van der Waals surface area contributed by atoms with Crippen LogP contribution >= 0.6 is 0 Å². The highest BCUT2D eigenvalue weighted by Gasteiger charge is 2.35. The molecular formula is C38H38N3O5+. The molecule has 0 spiro atoms. The van der Waals surface area contributed by atoms with Crippen molar-refractivity contribution < 1.29 is 23.9 Å². The third-order valence-corrected chi connectivity index (χ3v) is 10.5. The Morgan fingerprint density at radius 1 is 0.870 bits per heavy atom. The normalized spacial score (nSPS) is 19.2. The predicted octanol–water partition coefficient (Wildman–Crippen LogP) is 4.10. The van der Waals surface area contributed by atoms with E-state index in [1.54, 1.807) is 0 Å². The number of allylic oxidation sites excluding steroid dienone is 1. The van der Waals surface area contributed by atoms with Gasteiger partial charge in [-0.1, -0.05) is 18.7 Å². The van der Waals surface area contributed by atoms with Crippen LogP contribution in [0.2, 0.25) is 0 Å². The molecule has 3 aromatic carbocycles. The zero-order valence-corrected chi connectivity index (χ0v) is 26.2. The maximum Gasteiger partial charge on any atom is 0.370 e. The quantitative estimate of drug-likeness (QED) is 0.315. The number of hydrogen-bond acceptors (Lipinski definition) is 6. The molecule has 0 aromatic heterocycles. The fourth-order valence-electron chi connectivity index (χ4n) is 8.56. The number of ether oxygens (including phenoxy) is 2. The molecule has 8 heteroatoms. The van der Waals surface area contributed by atoms with Crippen molar-refractivity contribution in [1.29, 1.82) is 0 Å². The van der Waals surface area contributed by atoms with Crippen LogP contribution in [0.1, 0.15) is 71.9 Å². The second kappa shape index (κ2) is 10.7. The van der Waals surface area contributed by atoms with Gasteiger partial charge in [-0.2, -0.15) is 0 Å². The fourth-order valence-corrected chi connectivity index (χ4v) is 8.56. The number of rotatable bonds is 5. The lowest BCUT2D eigenvalue weighted by Gasteiger charge is -2.39. The van der Waals surface area contributed by atoms with Crippen LogP contribution in [-0.4, -0.2) is 49.7 Å². The van der Waals surface area contributed by atoms with Crippen molar-refractivity contribution in [2.75, 3.05) is 37.7 Å². The second-order valence-electron chi connectivity index (χ2n) is 13.4. The van der Waals surface area contributed by atoms with Gasteiger partial charge in [0.25, 0.3) is 5.91 Å². The lowest BCUT2D eigenvalue weighted by molar-refractivity contribution is -0.188. The first-order chi connectivity index (χ1) is 22.5. The summed E-state index contributed by atoms with van der Waals surface area (Å²) in [5.74, 6) is 1.75. The molecule has 8 nitrogen and oxygen atoms in total. The minimum Gasteiger partial charge on any atom is -0.482 e. The molecule has 0 atom stereocenters. The lowest BCUT2D eigenvalue weighted by atomic mass is 9.82. The van der Waals surface area contributed by atoms with Crippen LogP contribution < -0.4 is 29.5 Å². The highest BCUT2D eigenvalue weighted by molar-refractivity contribution is 5.89. The third kappa shape index (κ3) is 4.37. The highest BCUT2D eigenvalue weighted by Crippen LogP contribution is 2.48. The Balaban J connectivity index is 1.14. The maximum atomic E-state index is 12.5. The number of aryl methyl sites for hydroxylation is 2. The Morgan fingerprint density at radius 2 is 1.63 bits per heavy atom. The molecule has 0 radical (unpaired) electrons. The molecule has 46 heavy (non-hydrogen) atoms. The summed E-state index contributed by atoms with van der Waals surface area (Å²) in [5, 5.41) is 3.60. The van der Waals surface area contributed by atoms with E-state index >= 15 is 0 Å². The summed E-state index contributed by atoms with van der Waals surface area (Å²) in [5.41, 5.74) is 11.0. The molecule has 6 heterocycles. The minimum absolute atomic E-state index is 0.261. The number of benzene rings is 3. The van der Waals surface area contributed by atoms with E-state index in [0.717, 1.165) is 86.8 Å². The van der Waals surface area contributed by atoms with Crippen LogP contribution in [0.5, 0.6) is 17.2 Å². The van der Waals surface area contributed by atoms with Crippen LogP contribution in [-0.2, 0) is 40.1 Å². The summed E-state index contributed by atoms with van der Waals surface area (Å²) in [4.78, 5) is 32.2. The number of amides is 1. The molecule has 0 aliphatic carbocycles. The van der Waals surface area contributed by atoms with Crippen molar-refractivity contribution in [3.63, 3.8) is 0 Å². The van der Waals surface area contributed by atoms with E-state index in [9.17, 15) is 9.59 Å². The zero-order chi connectivity index (χ0) is 30.9. The average Bonchev–Trinajstić information content (AvgIpc) is 3.40. The molecule has 3 aromatic rings. The van der Waals surface area contributed by atoms with Gasteiger partial charge in [-0.15, -0.1) is 5.06 Å². The molecule has 1 saturated heterocycles. The monoisotopic (exact) mass is 616 g/mol. The number of hydroxylamine groups is 2. The van der Waals surface area contributed by atoms with Crippen molar-refractivity contribution in [2.24, 2.45) is 0 Å². The zero-order valence-electron chi connectivity index (χ0n) is 26.2. The molecule has 0 unspecified atom stereocenters. The molecule has 6 aliphatic heterocycles. The highest BCUT2D eigenvalue weighted by atomic mass is 16.7. The molecule has 6 aliphatic rings. The SMILES string of the molecule is C=C1CCC(=O)N1OC(=O)COc1ccc(C2=c3cc4c5c(c3Oc3c2cc2c6c3CCCN6CCC2)CCC[N+]=5CCC4)cc1. The van der Waals surface area contributed by atoms with Crippen LogP contribution in [0.3, 0.4) is 0 Å². The van der Waals surface area contributed by atoms with E-state index in [4.69, 9.17) is 14.3 Å². The topological polar surface area (TPSA) is 71.3 Å². The fraction of sp³-hybridized carbons (Fsp3) is 0.395. The van der Waals surface area contributed by atoms with Gasteiger partial charge in [0.1, 0.15) is 30.3 Å². The Morgan fingerprint density at radius 3 is 2.43 bits per heavy atom. The van der Waals surface area contributed by atoms with Gasteiger partial charge >= 0.3 is 5.97 Å². The van der Waals surface area contributed by atoms with Crippen molar-refractivity contribution in [3.05, 3.63) is 92.6 Å². The van der Waals surface area contributed by atoms with Gasteiger partial charge in [-0.25, -0.2) is 9.37 Å². The molecule has 1 amide bonds. The molecule has 234 valence electrons. The van der Waals surface area contributed by atoms with Gasteiger partial charge in [0.15, 0.2) is 6.61 Å². The van der Waals surface area contributed by atoms with Crippen LogP contribution in [0.25, 0.3) is 5.57 Å². The van der Waals surface area contributed by atoms with Crippen LogP contribution in [0.15, 0.2) is 48.7 Å². The van der Waals surface area contributed by atoms with Gasteiger partial charge < -0.3 is 19.2 Å². The van der Waals surface area contributed by atoms with Gasteiger partial charge in [0, 0.05) is 65.5 Å². The van der Waals surface area contributed by atoms with E-state index in [1.165, 1.54) is 62.5 Å². The lowest BCUT2D eigenvalue weighted by Crippen LogP contribution is -2.45. The first-order valence-electron chi connectivity index (χ1n) is 16.9. The summed E-state index contributed by atoms with van der Waals surface area (Å²) in [7, 11) is 0. The summed E-state index contributed by atoms with van der Waals surface area (Å²) in [6.45, 7) is 7.99. The third-order valence-electron chi connectivity index (χ3n) is 10.5. The van der Waals surface area contributed by atoms with Gasteiger partial charge in [0.05, 0.1) is 11.3 Å². The number of anilines is 1. The van der Waals surface area contributed by atoms with Crippen molar-refractivity contribution in [1.82, 2.24) is 9.64 Å². The second-order valence-corrected chi connectivity index (χ2v) is 13.4. The van der Waals surface area contributed by atoms with E-state index in [2.05, 4.69) is 40.3 Å². The predicted molar refractivity (Wildman–Crippen MR) is 174 cm³/mol. The first kappa shape index (κ1) is 27.7. The van der Waals surface area contributed by atoms with Gasteiger partial charge in [-0.3, -0.25) is 4.79 Å². The Bertz CT molecular complexity index is 1960. The number of hydrogen-bond donors (Lipinski definition) is 0. The number of carbonyl (C=O) groups is 2. The summed E-state index contributed by atoms with van der Waals surface area (Å²) >= 11 is 0. The number of nitrogens with zero attached hydrogens (tertiary/aromatic N) is 3. The van der Waals surface area contributed by atoms with Gasteiger partial charge in [0.2, 0.25) is 5.36 Å². The van der Waals surface area contributed by atoms with E-state index in [0.29, 0.717) is 24.3 Å². The smallest absolute Gasteiger partial charge is 0.370 e. The molecule has 0 saturated carbocycles. The van der Waals surface area contributed by atoms with Crippen LogP contribution in [0.4, 0.5) is 5.69 Å². The maximum absolute atomic E-state index is 12.5. The van der Waals surface area contributed by atoms with Crippen molar-refractivity contribution in [2.45, 2.75) is 64.2 Å². The average molecular weight is 617 g/mol. The molecule has 0 bridgehead atoms. The first-order valence-corrected chi connectivity index (χ1v) is 16.9. The Labute approximate surface area is 268 Å². The standard InChI is InChI=1S/C38H38N3O5/c1-23-10-15-32(42)41(23)46-33(43)22-44-27-13-11-24(12-14-27)34-30-20-25-6-2-16-39-18-4-8-28(35(25)39)37(30)45-38-29-9-5-19-40-17-3-7-26(36(29)40)21-31(34)38/h11-14,20-21H,1-10,15-19,22H2/q+1. The van der Waals surface area contributed by atoms with Gasteiger partial charge in [-0.05, 0) is 80.3 Å².